The van der Waals surface area contributed by atoms with Gasteiger partial charge in [-0.2, -0.15) is 0 Å². The summed E-state index contributed by atoms with van der Waals surface area (Å²) in [5.41, 5.74) is 3.46. The van der Waals surface area contributed by atoms with Crippen molar-refractivity contribution in [3.63, 3.8) is 0 Å². The number of aromatic nitrogens is 1. The molecule has 0 saturated carbocycles. The lowest BCUT2D eigenvalue weighted by atomic mass is 10.1. The van der Waals surface area contributed by atoms with Crippen LogP contribution in [0.2, 0.25) is 0 Å². The van der Waals surface area contributed by atoms with Crippen molar-refractivity contribution in [1.82, 2.24) is 15.6 Å². The smallest absolute Gasteiger partial charge is 0.191 e. The zero-order valence-electron chi connectivity index (χ0n) is 17.9. The summed E-state index contributed by atoms with van der Waals surface area (Å²) in [6.07, 6.45) is 2.02. The molecular weight excluding hydrogens is 384 g/mol. The predicted octanol–water partition coefficient (Wildman–Crippen LogP) is 3.39. The molecule has 1 atom stereocenters. The van der Waals surface area contributed by atoms with Gasteiger partial charge in [0, 0.05) is 49.5 Å². The van der Waals surface area contributed by atoms with Crippen molar-refractivity contribution in [2.45, 2.75) is 40.2 Å². The molecule has 2 heterocycles. The number of hydrogen-bond acceptors (Lipinski definition) is 5. The number of nitrogens with one attached hydrogen (secondary N) is 2. The lowest BCUT2D eigenvalue weighted by Gasteiger charge is -2.17. The van der Waals surface area contributed by atoms with E-state index in [0.29, 0.717) is 19.1 Å². The van der Waals surface area contributed by atoms with Crippen molar-refractivity contribution in [1.29, 1.82) is 0 Å². The summed E-state index contributed by atoms with van der Waals surface area (Å²) >= 11 is 1.77. The molecule has 1 fully saturated rings. The molecule has 1 aromatic heterocycles. The fourth-order valence-corrected chi connectivity index (χ4v) is 4.30. The maximum atomic E-state index is 6.14. The third-order valence-electron chi connectivity index (χ3n) is 5.04. The van der Waals surface area contributed by atoms with Gasteiger partial charge in [-0.1, -0.05) is 12.1 Å². The fourth-order valence-electron chi connectivity index (χ4n) is 3.36. The Labute approximate surface area is 177 Å². The monoisotopic (exact) mass is 416 g/mol. The zero-order valence-corrected chi connectivity index (χ0v) is 18.7. The second-order valence-electron chi connectivity index (χ2n) is 7.50. The summed E-state index contributed by atoms with van der Waals surface area (Å²) < 4.78 is 11.6. The first kappa shape index (κ1) is 21.6. The van der Waals surface area contributed by atoms with Crippen LogP contribution in [0.15, 0.2) is 23.2 Å². The molecule has 1 saturated heterocycles. The molecule has 2 N–H and O–H groups in total. The van der Waals surface area contributed by atoms with Crippen molar-refractivity contribution < 1.29 is 9.47 Å². The van der Waals surface area contributed by atoms with Crippen LogP contribution in [-0.2, 0) is 17.7 Å². The number of ether oxygens (including phenoxy) is 2. The van der Waals surface area contributed by atoms with Crippen LogP contribution in [0.5, 0.6) is 5.75 Å². The van der Waals surface area contributed by atoms with Crippen LogP contribution >= 0.6 is 11.3 Å². The number of aliphatic imine (C=N–C) groups is 1. The third kappa shape index (κ3) is 6.44. The molecular formula is C22H32N4O2S. The van der Waals surface area contributed by atoms with Gasteiger partial charge in [-0.15, -0.1) is 11.3 Å². The molecule has 0 aliphatic carbocycles. The summed E-state index contributed by atoms with van der Waals surface area (Å²) in [5, 5.41) is 7.92. The fraction of sp³-hybridized carbons (Fsp3) is 0.545. The number of hydrogen-bond donors (Lipinski definition) is 2. The van der Waals surface area contributed by atoms with E-state index in [9.17, 15) is 0 Å². The molecule has 1 unspecified atom stereocenters. The van der Waals surface area contributed by atoms with E-state index < -0.39 is 0 Å². The van der Waals surface area contributed by atoms with Gasteiger partial charge in [0.25, 0.3) is 0 Å². The molecule has 0 radical (unpaired) electrons. The zero-order chi connectivity index (χ0) is 20.6. The van der Waals surface area contributed by atoms with E-state index in [1.807, 2.05) is 0 Å². The molecule has 3 rings (SSSR count). The number of rotatable bonds is 8. The maximum Gasteiger partial charge on any atom is 0.191 e. The van der Waals surface area contributed by atoms with Gasteiger partial charge in [-0.3, -0.25) is 4.99 Å². The lowest BCUT2D eigenvalue weighted by Crippen LogP contribution is -2.38. The van der Waals surface area contributed by atoms with Crippen LogP contribution in [0.25, 0.3) is 0 Å². The quantitative estimate of drug-likeness (QED) is 0.510. The molecule has 158 valence electrons. The summed E-state index contributed by atoms with van der Waals surface area (Å²) in [5.74, 6) is 2.22. The van der Waals surface area contributed by atoms with E-state index in [4.69, 9.17) is 9.47 Å². The highest BCUT2D eigenvalue weighted by Crippen LogP contribution is 2.22. The van der Waals surface area contributed by atoms with E-state index in [0.717, 1.165) is 60.6 Å². The summed E-state index contributed by atoms with van der Waals surface area (Å²) in [6.45, 7) is 10.0. The van der Waals surface area contributed by atoms with Gasteiger partial charge < -0.3 is 20.1 Å². The normalized spacial score (nSPS) is 16.8. The van der Waals surface area contributed by atoms with Crippen molar-refractivity contribution in [3.8, 4) is 5.75 Å². The molecule has 2 aromatic rings. The second-order valence-corrected chi connectivity index (χ2v) is 8.78. The minimum absolute atomic E-state index is 0.490. The Bertz CT molecular complexity index is 828. The van der Waals surface area contributed by atoms with E-state index >= 15 is 0 Å². The average Bonchev–Trinajstić information content (AvgIpc) is 3.33. The van der Waals surface area contributed by atoms with Crippen molar-refractivity contribution in [3.05, 3.63) is 44.9 Å². The molecule has 1 aliphatic rings. The minimum atomic E-state index is 0.490. The first-order chi connectivity index (χ1) is 14.0. The first-order valence-corrected chi connectivity index (χ1v) is 11.0. The summed E-state index contributed by atoms with van der Waals surface area (Å²) in [6, 6.07) is 6.35. The molecule has 6 nitrogen and oxygen atoms in total. The Hall–Kier alpha value is -2.12. The molecule has 0 bridgehead atoms. The van der Waals surface area contributed by atoms with Gasteiger partial charge in [-0.05, 0) is 38.8 Å². The minimum Gasteiger partial charge on any atom is -0.493 e. The van der Waals surface area contributed by atoms with E-state index in [-0.39, 0.29) is 0 Å². The molecule has 1 aromatic carbocycles. The van der Waals surface area contributed by atoms with Crippen LogP contribution in [0.4, 0.5) is 0 Å². The van der Waals surface area contributed by atoms with Crippen LogP contribution in [0, 0.1) is 26.7 Å². The van der Waals surface area contributed by atoms with Gasteiger partial charge in [0.15, 0.2) is 5.96 Å². The molecule has 0 amide bonds. The second kappa shape index (κ2) is 10.6. The van der Waals surface area contributed by atoms with Crippen molar-refractivity contribution in [2.24, 2.45) is 10.9 Å². The van der Waals surface area contributed by atoms with Crippen molar-refractivity contribution in [2.75, 3.05) is 33.4 Å². The highest BCUT2D eigenvalue weighted by Gasteiger charge is 2.17. The summed E-state index contributed by atoms with van der Waals surface area (Å²) in [7, 11) is 1.80. The third-order valence-corrected chi connectivity index (χ3v) is 6.17. The van der Waals surface area contributed by atoms with Crippen LogP contribution in [-0.4, -0.2) is 44.4 Å². The van der Waals surface area contributed by atoms with Gasteiger partial charge in [0.2, 0.25) is 0 Å². The van der Waals surface area contributed by atoms with E-state index in [2.05, 4.69) is 59.6 Å². The van der Waals surface area contributed by atoms with Crippen molar-refractivity contribution >= 4 is 17.3 Å². The van der Waals surface area contributed by atoms with Gasteiger partial charge in [-0.25, -0.2) is 4.98 Å². The predicted molar refractivity (Wildman–Crippen MR) is 119 cm³/mol. The summed E-state index contributed by atoms with van der Waals surface area (Å²) in [4.78, 5) is 10.2. The molecule has 1 aliphatic heterocycles. The van der Waals surface area contributed by atoms with E-state index in [1.54, 1.807) is 18.4 Å². The van der Waals surface area contributed by atoms with Gasteiger partial charge >= 0.3 is 0 Å². The Balaban J connectivity index is 1.51. The first-order valence-electron chi connectivity index (χ1n) is 10.2. The number of guanidine groups is 1. The Morgan fingerprint density at radius 2 is 2.17 bits per heavy atom. The van der Waals surface area contributed by atoms with Crippen LogP contribution < -0.4 is 15.4 Å². The Kier molecular flexibility index (Phi) is 7.89. The molecule has 7 heteroatoms. The average molecular weight is 417 g/mol. The van der Waals surface area contributed by atoms with Gasteiger partial charge in [0.05, 0.1) is 23.9 Å². The molecule has 0 spiro atoms. The standard InChI is InChI=1S/C22H32N4O2S/c1-15-5-6-19(20(11-15)28-14-18-8-10-27-13-18)12-25-22(23-4)24-9-7-21-16(2)26-17(3)29-21/h5-6,11,18H,7-10,12-14H2,1-4H3,(H2,23,24,25). The highest BCUT2D eigenvalue weighted by atomic mass is 32.1. The number of aryl methyl sites for hydroxylation is 3. The largest absolute Gasteiger partial charge is 0.493 e. The highest BCUT2D eigenvalue weighted by molar-refractivity contribution is 7.11. The van der Waals surface area contributed by atoms with Gasteiger partial charge in [0.1, 0.15) is 5.75 Å². The maximum absolute atomic E-state index is 6.14. The number of thiazole rings is 1. The Morgan fingerprint density at radius 1 is 1.31 bits per heavy atom. The molecule has 29 heavy (non-hydrogen) atoms. The topological polar surface area (TPSA) is 67.8 Å². The van der Waals surface area contributed by atoms with E-state index in [1.165, 1.54) is 10.4 Å². The SMILES string of the molecule is CN=C(NCCc1sc(C)nc1C)NCc1ccc(C)cc1OCC1CCOC1. The van der Waals surface area contributed by atoms with Crippen LogP contribution in [0.3, 0.4) is 0 Å². The Morgan fingerprint density at radius 3 is 2.86 bits per heavy atom. The number of nitrogens with zero attached hydrogens (tertiary/aromatic N) is 2. The lowest BCUT2D eigenvalue weighted by molar-refractivity contribution is 0.166. The van der Waals surface area contributed by atoms with Crippen LogP contribution in [0.1, 0.15) is 33.1 Å². The number of benzene rings is 1.